The molecule has 0 saturated carbocycles. The van der Waals surface area contributed by atoms with Crippen molar-refractivity contribution >= 4 is 12.6 Å². The minimum atomic E-state index is -0.456. The zero-order chi connectivity index (χ0) is 15.0. The molecule has 2 rings (SSSR count). The fraction of sp³-hybridized carbons (Fsp3) is 0.643. The third-order valence-corrected chi connectivity index (χ3v) is 4.00. The molecule has 0 aromatic carbocycles. The third-order valence-electron chi connectivity index (χ3n) is 4.00. The molecule has 1 aromatic heterocycles. The van der Waals surface area contributed by atoms with Crippen LogP contribution in [0, 0.1) is 0 Å². The Balaban J connectivity index is 2.16. The first-order chi connectivity index (χ1) is 9.30. The molecule has 5 nitrogen and oxygen atoms in total. The maximum absolute atomic E-state index is 5.98. The molecular formula is C14H22BNO4. The Morgan fingerprint density at radius 2 is 1.60 bits per heavy atom. The SMILES string of the molecule is COC(OC)c1ccc(B2OC(C)(C)C(C)(C)O2)cn1. The van der Waals surface area contributed by atoms with Crippen LogP contribution in [0.15, 0.2) is 18.3 Å². The Labute approximate surface area is 120 Å². The van der Waals surface area contributed by atoms with Crippen LogP contribution < -0.4 is 5.46 Å². The minimum absolute atomic E-state index is 0.349. The van der Waals surface area contributed by atoms with Gasteiger partial charge in [-0.15, -0.1) is 0 Å². The van der Waals surface area contributed by atoms with Gasteiger partial charge in [-0.2, -0.15) is 0 Å². The molecule has 0 spiro atoms. The zero-order valence-electron chi connectivity index (χ0n) is 13.0. The number of pyridine rings is 1. The molecule has 0 radical (unpaired) electrons. The molecule has 0 amide bonds. The van der Waals surface area contributed by atoms with Crippen molar-refractivity contribution in [3.05, 3.63) is 24.0 Å². The average Bonchev–Trinajstić information content (AvgIpc) is 2.61. The van der Waals surface area contributed by atoms with Crippen LogP contribution in [0.1, 0.15) is 39.7 Å². The van der Waals surface area contributed by atoms with Gasteiger partial charge in [0.15, 0.2) is 0 Å². The molecule has 110 valence electrons. The third kappa shape index (κ3) is 2.74. The van der Waals surface area contributed by atoms with Crippen LogP contribution in [0.4, 0.5) is 0 Å². The van der Waals surface area contributed by atoms with E-state index >= 15 is 0 Å². The molecule has 0 unspecified atom stereocenters. The van der Waals surface area contributed by atoms with E-state index in [0.29, 0.717) is 0 Å². The molecule has 1 aliphatic heterocycles. The first-order valence-corrected chi connectivity index (χ1v) is 6.68. The second-order valence-corrected chi connectivity index (χ2v) is 5.91. The van der Waals surface area contributed by atoms with Crippen molar-refractivity contribution < 1.29 is 18.8 Å². The normalized spacial score (nSPS) is 20.6. The van der Waals surface area contributed by atoms with Gasteiger partial charge >= 0.3 is 7.12 Å². The van der Waals surface area contributed by atoms with Gasteiger partial charge < -0.3 is 18.8 Å². The molecular weight excluding hydrogens is 257 g/mol. The van der Waals surface area contributed by atoms with Crippen molar-refractivity contribution in [3.63, 3.8) is 0 Å². The lowest BCUT2D eigenvalue weighted by Crippen LogP contribution is -2.41. The van der Waals surface area contributed by atoms with Crippen molar-refractivity contribution in [3.8, 4) is 0 Å². The lowest BCUT2D eigenvalue weighted by atomic mass is 9.80. The maximum atomic E-state index is 5.98. The minimum Gasteiger partial charge on any atom is -0.399 e. The predicted octanol–water partition coefficient (Wildman–Crippen LogP) is 1.67. The van der Waals surface area contributed by atoms with E-state index in [4.69, 9.17) is 18.8 Å². The zero-order valence-corrected chi connectivity index (χ0v) is 13.0. The summed E-state index contributed by atoms with van der Waals surface area (Å²) in [6, 6.07) is 3.79. The van der Waals surface area contributed by atoms with Crippen LogP contribution in [0.25, 0.3) is 0 Å². The number of hydrogen-bond donors (Lipinski definition) is 0. The molecule has 0 aliphatic carbocycles. The number of rotatable bonds is 4. The summed E-state index contributed by atoms with van der Waals surface area (Å²) in [5, 5.41) is 0. The topological polar surface area (TPSA) is 49.8 Å². The average molecular weight is 279 g/mol. The summed E-state index contributed by atoms with van der Waals surface area (Å²) in [6.07, 6.45) is 1.28. The van der Waals surface area contributed by atoms with E-state index in [-0.39, 0.29) is 11.2 Å². The largest absolute Gasteiger partial charge is 0.496 e. The number of hydrogen-bond acceptors (Lipinski definition) is 5. The highest BCUT2D eigenvalue weighted by atomic mass is 16.7. The van der Waals surface area contributed by atoms with E-state index in [0.717, 1.165) is 11.2 Å². The van der Waals surface area contributed by atoms with Gasteiger partial charge in [-0.05, 0) is 33.8 Å². The summed E-state index contributed by atoms with van der Waals surface area (Å²) >= 11 is 0. The molecule has 20 heavy (non-hydrogen) atoms. The monoisotopic (exact) mass is 279 g/mol. The fourth-order valence-corrected chi connectivity index (χ4v) is 2.01. The number of nitrogens with zero attached hydrogens (tertiary/aromatic N) is 1. The highest BCUT2D eigenvalue weighted by molar-refractivity contribution is 6.62. The molecule has 2 heterocycles. The van der Waals surface area contributed by atoms with E-state index in [1.807, 2.05) is 39.8 Å². The van der Waals surface area contributed by atoms with Crippen LogP contribution in [0.2, 0.25) is 0 Å². The summed E-state index contributed by atoms with van der Waals surface area (Å²) in [6.45, 7) is 8.11. The molecule has 1 saturated heterocycles. The first kappa shape index (κ1) is 15.4. The molecule has 0 bridgehead atoms. The standard InChI is InChI=1S/C14H22BNO4/c1-13(2)14(3,4)20-15(19-13)10-7-8-11(16-9-10)12(17-5)18-6/h7-9,12H,1-6H3. The summed E-state index contributed by atoms with van der Waals surface area (Å²) in [5.74, 6) is 0. The van der Waals surface area contributed by atoms with Gasteiger partial charge in [-0.25, -0.2) is 0 Å². The summed E-state index contributed by atoms with van der Waals surface area (Å²) in [5.41, 5.74) is 0.907. The van der Waals surface area contributed by atoms with Gasteiger partial charge in [0.2, 0.25) is 6.29 Å². The Bertz CT molecular complexity index is 441. The summed E-state index contributed by atoms with van der Waals surface area (Å²) in [7, 11) is 2.76. The highest BCUT2D eigenvalue weighted by Crippen LogP contribution is 2.36. The summed E-state index contributed by atoms with van der Waals surface area (Å²) < 4.78 is 22.3. The van der Waals surface area contributed by atoms with E-state index in [9.17, 15) is 0 Å². The quantitative estimate of drug-likeness (QED) is 0.620. The Kier molecular flexibility index (Phi) is 4.20. The fourth-order valence-electron chi connectivity index (χ4n) is 2.01. The Morgan fingerprint density at radius 1 is 1.05 bits per heavy atom. The molecule has 6 heteroatoms. The number of ether oxygens (including phenoxy) is 2. The molecule has 1 fully saturated rings. The van der Waals surface area contributed by atoms with E-state index < -0.39 is 13.4 Å². The second-order valence-electron chi connectivity index (χ2n) is 5.91. The first-order valence-electron chi connectivity index (χ1n) is 6.68. The molecule has 0 N–H and O–H groups in total. The lowest BCUT2D eigenvalue weighted by Gasteiger charge is -2.32. The second kappa shape index (κ2) is 5.45. The van der Waals surface area contributed by atoms with Crippen LogP contribution in [-0.4, -0.2) is 37.5 Å². The van der Waals surface area contributed by atoms with Crippen molar-refractivity contribution in [2.75, 3.05) is 14.2 Å². The van der Waals surface area contributed by atoms with Crippen LogP contribution >= 0.6 is 0 Å². The molecule has 0 atom stereocenters. The van der Waals surface area contributed by atoms with Crippen LogP contribution in [0.3, 0.4) is 0 Å². The Morgan fingerprint density at radius 3 is 2.00 bits per heavy atom. The van der Waals surface area contributed by atoms with Gasteiger partial charge in [0.25, 0.3) is 0 Å². The van der Waals surface area contributed by atoms with Gasteiger partial charge in [0.1, 0.15) is 0 Å². The van der Waals surface area contributed by atoms with Gasteiger partial charge in [0.05, 0.1) is 16.9 Å². The van der Waals surface area contributed by atoms with Gasteiger partial charge in [-0.3, -0.25) is 4.98 Å². The van der Waals surface area contributed by atoms with E-state index in [2.05, 4.69) is 4.98 Å². The molecule has 1 aliphatic rings. The van der Waals surface area contributed by atoms with Gasteiger partial charge in [0, 0.05) is 25.9 Å². The van der Waals surface area contributed by atoms with Crippen LogP contribution in [-0.2, 0) is 18.8 Å². The van der Waals surface area contributed by atoms with Crippen molar-refractivity contribution in [2.45, 2.75) is 45.2 Å². The van der Waals surface area contributed by atoms with E-state index in [1.54, 1.807) is 20.4 Å². The number of aromatic nitrogens is 1. The van der Waals surface area contributed by atoms with Crippen molar-refractivity contribution in [2.24, 2.45) is 0 Å². The van der Waals surface area contributed by atoms with Gasteiger partial charge in [-0.1, -0.05) is 6.07 Å². The summed E-state index contributed by atoms with van der Waals surface area (Å²) in [4.78, 5) is 4.35. The lowest BCUT2D eigenvalue weighted by molar-refractivity contribution is -0.108. The Hall–Kier alpha value is -0.945. The van der Waals surface area contributed by atoms with E-state index in [1.165, 1.54) is 0 Å². The maximum Gasteiger partial charge on any atom is 0.496 e. The highest BCUT2D eigenvalue weighted by Gasteiger charge is 2.51. The van der Waals surface area contributed by atoms with Crippen LogP contribution in [0.5, 0.6) is 0 Å². The molecule has 1 aromatic rings. The smallest absolute Gasteiger partial charge is 0.399 e. The van der Waals surface area contributed by atoms with Crippen molar-refractivity contribution in [1.29, 1.82) is 0 Å². The number of methoxy groups -OCH3 is 2. The van der Waals surface area contributed by atoms with Crippen molar-refractivity contribution in [1.82, 2.24) is 4.98 Å². The predicted molar refractivity (Wildman–Crippen MR) is 76.7 cm³/mol.